The number of para-hydroxylation sites is 1. The van der Waals surface area contributed by atoms with Crippen LogP contribution in [0.3, 0.4) is 0 Å². The Labute approximate surface area is 157 Å². The molecule has 0 saturated heterocycles. The van der Waals surface area contributed by atoms with Crippen LogP contribution in [-0.2, 0) is 20.1 Å². The van der Waals surface area contributed by atoms with E-state index in [4.69, 9.17) is 9.47 Å². The zero-order valence-electron chi connectivity index (χ0n) is 15.3. The number of aryl methyl sites for hydroxylation is 1. The number of hydrogen-bond acceptors (Lipinski definition) is 3. The zero-order chi connectivity index (χ0) is 18.4. The highest BCUT2D eigenvalue weighted by Crippen LogP contribution is 2.30. The molecule has 0 radical (unpaired) electrons. The van der Waals surface area contributed by atoms with E-state index in [0.29, 0.717) is 6.54 Å². The lowest BCUT2D eigenvalue weighted by atomic mass is 10.2. The predicted molar refractivity (Wildman–Crippen MR) is 104 cm³/mol. The van der Waals surface area contributed by atoms with E-state index in [1.54, 1.807) is 21.3 Å². The molecule has 1 aromatic carbocycles. The molecule has 7 heteroatoms. The highest BCUT2D eigenvalue weighted by molar-refractivity contribution is 9.10. The summed E-state index contributed by atoms with van der Waals surface area (Å²) in [6.07, 6.45) is 2.04. The number of aromatic nitrogens is 1. The molecular weight excluding hydrogens is 384 g/mol. The summed E-state index contributed by atoms with van der Waals surface area (Å²) < 4.78 is 14.0. The number of methoxy groups -OCH3 is 2. The molecule has 25 heavy (non-hydrogen) atoms. The Bertz CT molecular complexity index is 743. The molecule has 0 amide bonds. The quantitative estimate of drug-likeness (QED) is 0.589. The summed E-state index contributed by atoms with van der Waals surface area (Å²) >= 11 is 3.51. The number of ether oxygens (including phenoxy) is 2. The molecule has 2 aromatic rings. The van der Waals surface area contributed by atoms with Crippen molar-refractivity contribution in [1.82, 2.24) is 14.8 Å². The fourth-order valence-electron chi connectivity index (χ4n) is 2.69. The maximum atomic E-state index is 5.48. The Hall–Kier alpha value is -2.15. The summed E-state index contributed by atoms with van der Waals surface area (Å²) in [7, 11) is 9.11. The van der Waals surface area contributed by atoms with E-state index in [1.165, 1.54) is 5.69 Å². The highest BCUT2D eigenvalue weighted by Gasteiger charge is 2.13. The van der Waals surface area contributed by atoms with Crippen LogP contribution in [0.4, 0.5) is 0 Å². The van der Waals surface area contributed by atoms with Gasteiger partial charge in [-0.2, -0.15) is 0 Å². The summed E-state index contributed by atoms with van der Waals surface area (Å²) in [6, 6.07) is 7.95. The molecule has 0 atom stereocenters. The fraction of sp³-hybridized carbons (Fsp3) is 0.389. The van der Waals surface area contributed by atoms with E-state index < -0.39 is 0 Å². The standard InChI is InChI=1S/C18H25BrN4O2/c1-20-18(23(3)12-15-9-14(19)11-22(15)2)21-10-13-7-6-8-16(24-4)17(13)25-5/h6-9,11H,10,12H2,1-5H3,(H,20,21). The average molecular weight is 409 g/mol. The van der Waals surface area contributed by atoms with Gasteiger partial charge in [-0.3, -0.25) is 4.99 Å². The maximum absolute atomic E-state index is 5.48. The van der Waals surface area contributed by atoms with Crippen molar-refractivity contribution in [3.63, 3.8) is 0 Å². The van der Waals surface area contributed by atoms with Crippen LogP contribution in [0, 0.1) is 0 Å². The molecule has 0 aliphatic carbocycles. The first-order valence-electron chi connectivity index (χ1n) is 7.92. The number of aliphatic imine (C=N–C) groups is 1. The Balaban J connectivity index is 2.06. The van der Waals surface area contributed by atoms with Crippen LogP contribution >= 0.6 is 15.9 Å². The third-order valence-electron chi connectivity index (χ3n) is 3.97. The molecule has 0 unspecified atom stereocenters. The summed E-state index contributed by atoms with van der Waals surface area (Å²) in [5.41, 5.74) is 2.20. The van der Waals surface area contributed by atoms with E-state index in [1.807, 2.05) is 38.5 Å². The van der Waals surface area contributed by atoms with Crippen LogP contribution in [0.25, 0.3) is 0 Å². The van der Waals surface area contributed by atoms with Crippen molar-refractivity contribution < 1.29 is 9.47 Å². The minimum Gasteiger partial charge on any atom is -0.493 e. The third-order valence-corrected chi connectivity index (χ3v) is 4.40. The third kappa shape index (κ3) is 4.69. The summed E-state index contributed by atoms with van der Waals surface area (Å²) in [4.78, 5) is 6.45. The molecule has 0 spiro atoms. The molecule has 0 bridgehead atoms. The molecule has 2 rings (SSSR count). The second-order valence-corrected chi connectivity index (χ2v) is 6.59. The monoisotopic (exact) mass is 408 g/mol. The first kappa shape index (κ1) is 19.2. The fourth-order valence-corrected chi connectivity index (χ4v) is 3.26. The van der Waals surface area contributed by atoms with Crippen LogP contribution < -0.4 is 14.8 Å². The van der Waals surface area contributed by atoms with Gasteiger partial charge in [0.1, 0.15) is 0 Å². The summed E-state index contributed by atoms with van der Waals surface area (Å²) in [5.74, 6) is 2.27. The van der Waals surface area contributed by atoms with Gasteiger partial charge in [0.05, 0.1) is 20.8 Å². The first-order valence-corrected chi connectivity index (χ1v) is 8.71. The Kier molecular flexibility index (Phi) is 6.75. The van der Waals surface area contributed by atoms with Gasteiger partial charge in [-0.15, -0.1) is 0 Å². The van der Waals surface area contributed by atoms with Gasteiger partial charge < -0.3 is 24.3 Å². The second-order valence-electron chi connectivity index (χ2n) is 5.67. The molecule has 0 saturated carbocycles. The topological polar surface area (TPSA) is 51.0 Å². The Morgan fingerprint density at radius 1 is 1.32 bits per heavy atom. The van der Waals surface area contributed by atoms with Crippen LogP contribution in [0.2, 0.25) is 0 Å². The van der Waals surface area contributed by atoms with Crippen molar-refractivity contribution in [3.8, 4) is 11.5 Å². The molecular formula is C18H25BrN4O2. The van der Waals surface area contributed by atoms with Gasteiger partial charge in [0.25, 0.3) is 0 Å². The van der Waals surface area contributed by atoms with E-state index in [-0.39, 0.29) is 0 Å². The Morgan fingerprint density at radius 3 is 2.64 bits per heavy atom. The molecule has 6 nitrogen and oxygen atoms in total. The van der Waals surface area contributed by atoms with E-state index in [2.05, 4.69) is 41.8 Å². The van der Waals surface area contributed by atoms with Gasteiger partial charge in [0, 0.05) is 49.6 Å². The van der Waals surface area contributed by atoms with Crippen LogP contribution in [0.15, 0.2) is 39.9 Å². The number of benzene rings is 1. The van der Waals surface area contributed by atoms with Crippen LogP contribution in [-0.4, -0.2) is 43.7 Å². The number of rotatable bonds is 6. The lowest BCUT2D eigenvalue weighted by Gasteiger charge is -2.23. The number of nitrogens with one attached hydrogen (secondary N) is 1. The van der Waals surface area contributed by atoms with Gasteiger partial charge in [-0.05, 0) is 28.1 Å². The largest absolute Gasteiger partial charge is 0.493 e. The molecule has 0 aliphatic rings. The maximum Gasteiger partial charge on any atom is 0.194 e. The van der Waals surface area contributed by atoms with Gasteiger partial charge in [0.15, 0.2) is 17.5 Å². The number of hydrogen-bond donors (Lipinski definition) is 1. The number of guanidine groups is 1. The lowest BCUT2D eigenvalue weighted by Crippen LogP contribution is -2.38. The molecule has 1 heterocycles. The zero-order valence-corrected chi connectivity index (χ0v) is 16.9. The number of halogens is 1. The van der Waals surface area contributed by atoms with Crippen molar-refractivity contribution in [2.24, 2.45) is 12.0 Å². The predicted octanol–water partition coefficient (Wildman–Crippen LogP) is 3.01. The second kappa shape index (κ2) is 8.80. The van der Waals surface area contributed by atoms with Crippen molar-refractivity contribution in [2.45, 2.75) is 13.1 Å². The van der Waals surface area contributed by atoms with E-state index in [9.17, 15) is 0 Å². The minimum atomic E-state index is 0.591. The molecule has 1 aromatic heterocycles. The molecule has 136 valence electrons. The normalized spacial score (nSPS) is 11.4. The van der Waals surface area contributed by atoms with Crippen LogP contribution in [0.5, 0.6) is 11.5 Å². The first-order chi connectivity index (χ1) is 12.0. The average Bonchev–Trinajstić information content (AvgIpc) is 2.92. The number of nitrogens with zero attached hydrogens (tertiary/aromatic N) is 3. The highest BCUT2D eigenvalue weighted by atomic mass is 79.9. The SMILES string of the molecule is CN=C(NCc1cccc(OC)c1OC)N(C)Cc1cc(Br)cn1C. The van der Waals surface area contributed by atoms with Gasteiger partial charge in [0.2, 0.25) is 0 Å². The molecule has 0 fully saturated rings. The molecule has 0 aliphatic heterocycles. The van der Waals surface area contributed by atoms with Crippen LogP contribution in [0.1, 0.15) is 11.3 Å². The summed E-state index contributed by atoms with van der Waals surface area (Å²) in [6.45, 7) is 1.34. The smallest absolute Gasteiger partial charge is 0.194 e. The van der Waals surface area contributed by atoms with Gasteiger partial charge in [-0.1, -0.05) is 12.1 Å². The van der Waals surface area contributed by atoms with Crippen molar-refractivity contribution in [2.75, 3.05) is 28.3 Å². The van der Waals surface area contributed by atoms with E-state index >= 15 is 0 Å². The lowest BCUT2D eigenvalue weighted by molar-refractivity contribution is 0.351. The van der Waals surface area contributed by atoms with Crippen molar-refractivity contribution in [3.05, 3.63) is 46.2 Å². The van der Waals surface area contributed by atoms with Gasteiger partial charge in [-0.25, -0.2) is 0 Å². The molecule has 1 N–H and O–H groups in total. The van der Waals surface area contributed by atoms with Gasteiger partial charge >= 0.3 is 0 Å². The Morgan fingerprint density at radius 2 is 2.08 bits per heavy atom. The minimum absolute atomic E-state index is 0.591. The summed E-state index contributed by atoms with van der Waals surface area (Å²) in [5, 5.41) is 3.38. The van der Waals surface area contributed by atoms with E-state index in [0.717, 1.165) is 34.0 Å². The van der Waals surface area contributed by atoms with Crippen molar-refractivity contribution in [1.29, 1.82) is 0 Å². The van der Waals surface area contributed by atoms with Crippen molar-refractivity contribution >= 4 is 21.9 Å².